The minimum absolute atomic E-state index is 0.409. The lowest BCUT2D eigenvalue weighted by molar-refractivity contribution is -0.128. The molecule has 144 valence electrons. The van der Waals surface area contributed by atoms with Crippen LogP contribution in [0.15, 0.2) is 54.6 Å². The van der Waals surface area contributed by atoms with Crippen molar-refractivity contribution >= 4 is 23.2 Å². The smallest absolute Gasteiger partial charge is 0.281 e. The van der Waals surface area contributed by atoms with Gasteiger partial charge in [0.2, 0.25) is 0 Å². The normalized spacial score (nSPS) is 11.5. The number of hydrazine groups is 1. The lowest BCUT2D eigenvalue weighted by atomic mass is 10.2. The lowest BCUT2D eigenvalue weighted by Crippen LogP contribution is -2.47. The number of aromatic nitrogens is 1. The standard InChI is InChI=1S/C21H21N3O3S/c1-13-9-11-17(12-10-13)27-15(3)19(25)23-24-20(26)18-14(2)22-21(28-18)16-7-5-4-6-8-16/h4-12,15H,1-3H3,(H,23,25)(H,24,26). The molecule has 1 unspecified atom stereocenters. The highest BCUT2D eigenvalue weighted by Crippen LogP contribution is 2.27. The van der Waals surface area contributed by atoms with E-state index in [-0.39, 0.29) is 0 Å². The second-order valence-electron chi connectivity index (χ2n) is 6.32. The molecule has 3 aromatic rings. The van der Waals surface area contributed by atoms with E-state index in [1.54, 1.807) is 26.0 Å². The van der Waals surface area contributed by atoms with Crippen molar-refractivity contribution in [3.8, 4) is 16.3 Å². The van der Waals surface area contributed by atoms with E-state index in [0.717, 1.165) is 16.1 Å². The first-order valence-corrected chi connectivity index (χ1v) is 9.62. The number of carbonyl (C=O) groups excluding carboxylic acids is 2. The number of nitrogens with one attached hydrogen (secondary N) is 2. The molecule has 1 aromatic heterocycles. The molecule has 0 radical (unpaired) electrons. The van der Waals surface area contributed by atoms with Crippen molar-refractivity contribution < 1.29 is 14.3 Å². The second kappa shape index (κ2) is 8.67. The molecule has 0 aliphatic heterocycles. The summed E-state index contributed by atoms with van der Waals surface area (Å²) < 4.78 is 5.58. The van der Waals surface area contributed by atoms with Crippen LogP contribution in [0.25, 0.3) is 10.6 Å². The van der Waals surface area contributed by atoms with Gasteiger partial charge in [-0.15, -0.1) is 11.3 Å². The number of nitrogens with zero attached hydrogens (tertiary/aromatic N) is 1. The predicted octanol–water partition coefficient (Wildman–Crippen LogP) is 3.66. The first-order chi connectivity index (χ1) is 13.4. The first-order valence-electron chi connectivity index (χ1n) is 8.80. The fraction of sp³-hybridized carbons (Fsp3) is 0.190. The lowest BCUT2D eigenvalue weighted by Gasteiger charge is -2.15. The average Bonchev–Trinajstić information content (AvgIpc) is 3.10. The third-order valence-corrected chi connectivity index (χ3v) is 5.23. The maximum Gasteiger partial charge on any atom is 0.281 e. The molecule has 2 amide bonds. The first kappa shape index (κ1) is 19.6. The summed E-state index contributed by atoms with van der Waals surface area (Å²) in [5.41, 5.74) is 7.49. The summed E-state index contributed by atoms with van der Waals surface area (Å²) in [5, 5.41) is 0.755. The maximum absolute atomic E-state index is 12.4. The Morgan fingerprint density at radius 2 is 1.68 bits per heavy atom. The van der Waals surface area contributed by atoms with Crippen molar-refractivity contribution in [2.24, 2.45) is 0 Å². The Balaban J connectivity index is 1.58. The van der Waals surface area contributed by atoms with Gasteiger partial charge >= 0.3 is 0 Å². The third-order valence-electron chi connectivity index (χ3n) is 4.03. The molecule has 0 aliphatic rings. The number of rotatable bonds is 5. The van der Waals surface area contributed by atoms with Crippen LogP contribution in [-0.2, 0) is 4.79 Å². The minimum Gasteiger partial charge on any atom is -0.481 e. The summed E-state index contributed by atoms with van der Waals surface area (Å²) in [6.45, 7) is 5.36. The maximum atomic E-state index is 12.4. The summed E-state index contributed by atoms with van der Waals surface area (Å²) in [6, 6.07) is 17.0. The van der Waals surface area contributed by atoms with Gasteiger partial charge in [-0.05, 0) is 32.9 Å². The monoisotopic (exact) mass is 395 g/mol. The van der Waals surface area contributed by atoms with Gasteiger partial charge in [-0.3, -0.25) is 20.4 Å². The Hall–Kier alpha value is -3.19. The Morgan fingerprint density at radius 1 is 1.00 bits per heavy atom. The fourth-order valence-electron chi connectivity index (χ4n) is 2.46. The number of hydrogen-bond acceptors (Lipinski definition) is 5. The molecule has 3 rings (SSSR count). The summed E-state index contributed by atoms with van der Waals surface area (Å²) in [7, 11) is 0. The molecule has 2 N–H and O–H groups in total. The number of amides is 2. The number of thiazole rings is 1. The van der Waals surface area contributed by atoms with Crippen molar-refractivity contribution in [2.45, 2.75) is 26.9 Å². The quantitative estimate of drug-likeness (QED) is 0.646. The van der Waals surface area contributed by atoms with E-state index in [9.17, 15) is 9.59 Å². The molecule has 0 spiro atoms. The summed E-state index contributed by atoms with van der Waals surface area (Å²) >= 11 is 1.28. The van der Waals surface area contributed by atoms with Crippen LogP contribution >= 0.6 is 11.3 Å². The molecule has 1 heterocycles. The van der Waals surface area contributed by atoms with Gasteiger partial charge < -0.3 is 4.74 Å². The molecule has 0 bridgehead atoms. The Labute approximate surface area is 167 Å². The number of aryl methyl sites for hydroxylation is 2. The zero-order valence-corrected chi connectivity index (χ0v) is 16.7. The molecule has 6 nitrogen and oxygen atoms in total. The van der Waals surface area contributed by atoms with Gasteiger partial charge in [0.15, 0.2) is 6.10 Å². The van der Waals surface area contributed by atoms with E-state index >= 15 is 0 Å². The van der Waals surface area contributed by atoms with Gasteiger partial charge in [-0.2, -0.15) is 0 Å². The van der Waals surface area contributed by atoms with Crippen molar-refractivity contribution in [1.29, 1.82) is 0 Å². The van der Waals surface area contributed by atoms with E-state index in [0.29, 0.717) is 16.3 Å². The van der Waals surface area contributed by atoms with Crippen LogP contribution in [0.2, 0.25) is 0 Å². The molecule has 28 heavy (non-hydrogen) atoms. The van der Waals surface area contributed by atoms with Crippen LogP contribution in [0.4, 0.5) is 0 Å². The topological polar surface area (TPSA) is 80.3 Å². The Morgan fingerprint density at radius 3 is 2.36 bits per heavy atom. The van der Waals surface area contributed by atoms with Gasteiger partial charge in [-0.1, -0.05) is 48.0 Å². The average molecular weight is 395 g/mol. The van der Waals surface area contributed by atoms with Crippen LogP contribution in [0.3, 0.4) is 0 Å². The molecule has 2 aromatic carbocycles. The van der Waals surface area contributed by atoms with Crippen LogP contribution < -0.4 is 15.6 Å². The largest absolute Gasteiger partial charge is 0.481 e. The van der Waals surface area contributed by atoms with Crippen molar-refractivity contribution in [3.63, 3.8) is 0 Å². The zero-order chi connectivity index (χ0) is 20.1. The summed E-state index contributed by atoms with van der Waals surface area (Å²) in [5.74, 6) is -0.266. The molecule has 1 atom stereocenters. The number of hydrogen-bond donors (Lipinski definition) is 2. The van der Waals surface area contributed by atoms with Crippen LogP contribution in [-0.4, -0.2) is 22.9 Å². The fourth-order valence-corrected chi connectivity index (χ4v) is 3.43. The molecular formula is C21H21N3O3S. The highest BCUT2D eigenvalue weighted by Gasteiger charge is 2.19. The third kappa shape index (κ3) is 4.75. The van der Waals surface area contributed by atoms with Gasteiger partial charge in [0, 0.05) is 5.56 Å². The van der Waals surface area contributed by atoms with Crippen LogP contribution in [0.1, 0.15) is 27.9 Å². The zero-order valence-electron chi connectivity index (χ0n) is 15.9. The summed E-state index contributed by atoms with van der Waals surface area (Å²) in [4.78, 5) is 29.5. The number of carbonyl (C=O) groups is 2. The van der Waals surface area contributed by atoms with Crippen LogP contribution in [0, 0.1) is 13.8 Å². The Kier molecular flexibility index (Phi) is 6.06. The minimum atomic E-state index is -0.759. The summed E-state index contributed by atoms with van der Waals surface area (Å²) in [6.07, 6.45) is -0.759. The molecular weight excluding hydrogens is 374 g/mol. The number of benzene rings is 2. The van der Waals surface area contributed by atoms with E-state index < -0.39 is 17.9 Å². The molecule has 7 heteroatoms. The van der Waals surface area contributed by atoms with Crippen molar-refractivity contribution in [2.75, 3.05) is 0 Å². The van der Waals surface area contributed by atoms with E-state index in [4.69, 9.17) is 4.74 Å². The second-order valence-corrected chi connectivity index (χ2v) is 7.32. The van der Waals surface area contributed by atoms with E-state index in [2.05, 4.69) is 15.8 Å². The van der Waals surface area contributed by atoms with Gasteiger partial charge in [0.25, 0.3) is 11.8 Å². The predicted molar refractivity (Wildman–Crippen MR) is 109 cm³/mol. The molecule has 0 fully saturated rings. The van der Waals surface area contributed by atoms with Gasteiger partial charge in [-0.25, -0.2) is 4.98 Å². The highest BCUT2D eigenvalue weighted by molar-refractivity contribution is 7.17. The molecule has 0 saturated heterocycles. The van der Waals surface area contributed by atoms with E-state index in [1.807, 2.05) is 49.4 Å². The van der Waals surface area contributed by atoms with Gasteiger partial charge in [0.1, 0.15) is 15.6 Å². The highest BCUT2D eigenvalue weighted by atomic mass is 32.1. The molecule has 0 saturated carbocycles. The van der Waals surface area contributed by atoms with Crippen LogP contribution in [0.5, 0.6) is 5.75 Å². The van der Waals surface area contributed by atoms with E-state index in [1.165, 1.54) is 11.3 Å². The van der Waals surface area contributed by atoms with Crippen molar-refractivity contribution in [1.82, 2.24) is 15.8 Å². The SMILES string of the molecule is Cc1ccc(OC(C)C(=O)NNC(=O)c2sc(-c3ccccc3)nc2C)cc1. The number of ether oxygens (including phenoxy) is 1. The van der Waals surface area contributed by atoms with Gasteiger partial charge in [0.05, 0.1) is 5.69 Å². The molecule has 0 aliphatic carbocycles. The van der Waals surface area contributed by atoms with Crippen molar-refractivity contribution in [3.05, 3.63) is 70.7 Å². The Bertz CT molecular complexity index is 968.